The number of benzene rings is 1. The van der Waals surface area contributed by atoms with E-state index < -0.39 is 0 Å². The number of hydrogen-bond acceptors (Lipinski definition) is 3. The first kappa shape index (κ1) is 13.9. The van der Waals surface area contributed by atoms with Crippen molar-refractivity contribution >= 4 is 11.6 Å². The van der Waals surface area contributed by atoms with E-state index in [9.17, 15) is 9.90 Å². The zero-order chi connectivity index (χ0) is 13.9. The fraction of sp³-hybridized carbons (Fsp3) is 0.533. The topological polar surface area (TPSA) is 61.4 Å². The van der Waals surface area contributed by atoms with Crippen LogP contribution in [0.2, 0.25) is 0 Å². The summed E-state index contributed by atoms with van der Waals surface area (Å²) in [5.41, 5.74) is 2.63. The highest BCUT2D eigenvalue weighted by molar-refractivity contribution is 5.97. The van der Waals surface area contributed by atoms with Gasteiger partial charge in [0.25, 0.3) is 5.91 Å². The quantitative estimate of drug-likeness (QED) is 0.775. The van der Waals surface area contributed by atoms with Crippen LogP contribution >= 0.6 is 0 Å². The van der Waals surface area contributed by atoms with Crippen molar-refractivity contribution in [1.82, 2.24) is 5.32 Å². The highest BCUT2D eigenvalue weighted by Gasteiger charge is 2.21. The van der Waals surface area contributed by atoms with Crippen LogP contribution in [0.25, 0.3) is 0 Å². The summed E-state index contributed by atoms with van der Waals surface area (Å²) >= 11 is 0. The Labute approximate surface area is 114 Å². The molecule has 0 fully saturated rings. The molecule has 0 spiro atoms. The van der Waals surface area contributed by atoms with Crippen molar-refractivity contribution in [3.05, 3.63) is 29.3 Å². The molecule has 0 unspecified atom stereocenters. The number of aliphatic hydroxyl groups is 1. The Bertz CT molecular complexity index is 469. The first-order valence-electron chi connectivity index (χ1n) is 6.78. The van der Waals surface area contributed by atoms with Crippen LogP contribution in [0.1, 0.15) is 36.2 Å². The summed E-state index contributed by atoms with van der Waals surface area (Å²) in [4.78, 5) is 12.3. The van der Waals surface area contributed by atoms with Crippen LogP contribution in [0, 0.1) is 5.41 Å². The van der Waals surface area contributed by atoms with E-state index in [0.29, 0.717) is 6.54 Å². The van der Waals surface area contributed by atoms with Gasteiger partial charge >= 0.3 is 0 Å². The highest BCUT2D eigenvalue weighted by Crippen LogP contribution is 2.25. The number of hydrogen-bond donors (Lipinski definition) is 3. The van der Waals surface area contributed by atoms with Gasteiger partial charge < -0.3 is 15.7 Å². The number of nitrogens with one attached hydrogen (secondary N) is 2. The molecule has 0 aliphatic carbocycles. The highest BCUT2D eigenvalue weighted by atomic mass is 16.3. The normalized spacial score (nSPS) is 14.5. The maximum Gasteiger partial charge on any atom is 0.251 e. The van der Waals surface area contributed by atoms with Crippen molar-refractivity contribution in [2.45, 2.75) is 26.7 Å². The van der Waals surface area contributed by atoms with Crippen LogP contribution in [0.15, 0.2) is 18.2 Å². The number of carbonyl (C=O) groups is 1. The van der Waals surface area contributed by atoms with E-state index in [2.05, 4.69) is 10.6 Å². The number of fused-ring (bicyclic) bond motifs is 1. The van der Waals surface area contributed by atoms with Crippen molar-refractivity contribution < 1.29 is 9.90 Å². The number of aliphatic hydroxyl groups excluding tert-OH is 1. The van der Waals surface area contributed by atoms with Gasteiger partial charge in [-0.25, -0.2) is 0 Å². The molecular formula is C15H22N2O2. The monoisotopic (exact) mass is 262 g/mol. The van der Waals surface area contributed by atoms with E-state index in [1.807, 2.05) is 32.0 Å². The number of carbonyl (C=O) groups excluding carboxylic acids is 1. The molecule has 0 atom stereocenters. The lowest BCUT2D eigenvalue weighted by Crippen LogP contribution is -2.36. The van der Waals surface area contributed by atoms with Crippen molar-refractivity contribution in [2.24, 2.45) is 5.41 Å². The van der Waals surface area contributed by atoms with E-state index in [0.717, 1.165) is 36.2 Å². The zero-order valence-corrected chi connectivity index (χ0v) is 11.6. The SMILES string of the molecule is CC(C)(CO)CNC(=O)c1cccc2c1CCCN2. The Morgan fingerprint density at radius 3 is 3.00 bits per heavy atom. The standard InChI is InChI=1S/C15H22N2O2/c1-15(2,10-18)9-17-14(19)12-5-3-7-13-11(12)6-4-8-16-13/h3,5,7,16,18H,4,6,8-10H2,1-2H3,(H,17,19). The van der Waals surface area contributed by atoms with Crippen LogP contribution in [-0.4, -0.2) is 30.7 Å². The van der Waals surface area contributed by atoms with Crippen LogP contribution in [0.4, 0.5) is 5.69 Å². The van der Waals surface area contributed by atoms with Gasteiger partial charge in [0.1, 0.15) is 0 Å². The van der Waals surface area contributed by atoms with Gasteiger partial charge in [-0.1, -0.05) is 19.9 Å². The molecule has 0 saturated carbocycles. The predicted molar refractivity (Wildman–Crippen MR) is 76.5 cm³/mol. The Morgan fingerprint density at radius 1 is 1.47 bits per heavy atom. The summed E-state index contributed by atoms with van der Waals surface area (Å²) in [5.74, 6) is -0.0536. The van der Waals surface area contributed by atoms with Crippen LogP contribution < -0.4 is 10.6 Å². The van der Waals surface area contributed by atoms with E-state index in [4.69, 9.17) is 0 Å². The van der Waals surface area contributed by atoms with Gasteiger partial charge in [0.15, 0.2) is 0 Å². The Kier molecular flexibility index (Phi) is 4.10. The third kappa shape index (κ3) is 3.26. The van der Waals surface area contributed by atoms with Gasteiger partial charge in [-0.3, -0.25) is 4.79 Å². The number of anilines is 1. The molecule has 0 radical (unpaired) electrons. The first-order valence-corrected chi connectivity index (χ1v) is 6.78. The molecule has 4 nitrogen and oxygen atoms in total. The van der Waals surface area contributed by atoms with Crippen molar-refractivity contribution in [3.8, 4) is 0 Å². The average Bonchev–Trinajstić information content (AvgIpc) is 2.44. The lowest BCUT2D eigenvalue weighted by molar-refractivity contribution is 0.0910. The molecule has 4 heteroatoms. The van der Waals surface area contributed by atoms with Crippen molar-refractivity contribution in [1.29, 1.82) is 0 Å². The lowest BCUT2D eigenvalue weighted by Gasteiger charge is -2.24. The maximum absolute atomic E-state index is 12.3. The summed E-state index contributed by atoms with van der Waals surface area (Å²) in [6.45, 7) is 5.35. The molecule has 1 aliphatic heterocycles. The van der Waals surface area contributed by atoms with E-state index >= 15 is 0 Å². The molecule has 0 aromatic heterocycles. The summed E-state index contributed by atoms with van der Waals surface area (Å²) in [6.07, 6.45) is 1.99. The van der Waals surface area contributed by atoms with Gasteiger partial charge in [0.05, 0.1) is 0 Å². The second-order valence-corrected chi connectivity index (χ2v) is 5.87. The Hall–Kier alpha value is -1.55. The summed E-state index contributed by atoms with van der Waals surface area (Å²) < 4.78 is 0. The van der Waals surface area contributed by atoms with E-state index in [1.165, 1.54) is 0 Å². The zero-order valence-electron chi connectivity index (χ0n) is 11.6. The number of rotatable bonds is 4. The maximum atomic E-state index is 12.3. The Balaban J connectivity index is 2.11. The minimum atomic E-state index is -0.289. The van der Waals surface area contributed by atoms with Gasteiger partial charge in [-0.05, 0) is 30.5 Å². The predicted octanol–water partition coefficient (Wildman–Crippen LogP) is 1.79. The molecular weight excluding hydrogens is 240 g/mol. The fourth-order valence-corrected chi connectivity index (χ4v) is 2.19. The second kappa shape index (κ2) is 5.61. The molecule has 104 valence electrons. The smallest absolute Gasteiger partial charge is 0.251 e. The van der Waals surface area contributed by atoms with Gasteiger partial charge in [0.2, 0.25) is 0 Å². The van der Waals surface area contributed by atoms with Crippen molar-refractivity contribution in [3.63, 3.8) is 0 Å². The lowest BCUT2D eigenvalue weighted by atomic mass is 9.94. The molecule has 1 amide bonds. The van der Waals surface area contributed by atoms with Crippen LogP contribution in [0.5, 0.6) is 0 Å². The summed E-state index contributed by atoms with van der Waals surface area (Å²) in [7, 11) is 0. The summed E-state index contributed by atoms with van der Waals surface area (Å²) in [5, 5.41) is 15.4. The molecule has 2 rings (SSSR count). The molecule has 1 heterocycles. The minimum absolute atomic E-state index is 0.0536. The van der Waals surface area contributed by atoms with Gasteiger partial charge in [0, 0.05) is 36.4 Å². The molecule has 0 saturated heterocycles. The van der Waals surface area contributed by atoms with Crippen LogP contribution in [-0.2, 0) is 6.42 Å². The molecule has 1 aliphatic rings. The second-order valence-electron chi connectivity index (χ2n) is 5.87. The van der Waals surface area contributed by atoms with Gasteiger partial charge in [-0.2, -0.15) is 0 Å². The largest absolute Gasteiger partial charge is 0.396 e. The Morgan fingerprint density at radius 2 is 2.26 bits per heavy atom. The number of amides is 1. The van der Waals surface area contributed by atoms with E-state index in [-0.39, 0.29) is 17.9 Å². The third-order valence-electron chi connectivity index (χ3n) is 3.50. The van der Waals surface area contributed by atoms with Gasteiger partial charge in [-0.15, -0.1) is 0 Å². The molecule has 0 bridgehead atoms. The fourth-order valence-electron chi connectivity index (χ4n) is 2.19. The van der Waals surface area contributed by atoms with Crippen LogP contribution in [0.3, 0.4) is 0 Å². The molecule has 19 heavy (non-hydrogen) atoms. The molecule has 1 aromatic carbocycles. The molecule has 1 aromatic rings. The molecule has 3 N–H and O–H groups in total. The van der Waals surface area contributed by atoms with E-state index in [1.54, 1.807) is 0 Å². The average molecular weight is 262 g/mol. The minimum Gasteiger partial charge on any atom is -0.396 e. The summed E-state index contributed by atoms with van der Waals surface area (Å²) in [6, 6.07) is 5.79. The van der Waals surface area contributed by atoms with Crippen molar-refractivity contribution in [2.75, 3.05) is 25.0 Å². The first-order chi connectivity index (χ1) is 9.03. The third-order valence-corrected chi connectivity index (χ3v) is 3.50.